The molecule has 0 bridgehead atoms. The molecule has 0 nitrogen and oxygen atoms in total. The highest BCUT2D eigenvalue weighted by molar-refractivity contribution is 9.09. The molecule has 0 aromatic heterocycles. The molecule has 0 saturated heterocycles. The van der Waals surface area contributed by atoms with Crippen molar-refractivity contribution < 1.29 is 0 Å². The number of rotatable bonds is 3. The predicted molar refractivity (Wildman–Crippen MR) is 83.5 cm³/mol. The van der Waals surface area contributed by atoms with Crippen LogP contribution in [0.3, 0.4) is 0 Å². The van der Waals surface area contributed by atoms with Crippen molar-refractivity contribution in [2.24, 2.45) is 5.41 Å². The molecule has 1 heteroatoms. The third-order valence-corrected chi connectivity index (χ3v) is 5.54. The van der Waals surface area contributed by atoms with E-state index in [1.165, 1.54) is 43.2 Å². The van der Waals surface area contributed by atoms with Gasteiger partial charge in [-0.3, -0.25) is 0 Å². The standard InChI is InChI=1S/C17H25Br/c1-16(2,3)15-8-6-14(7-9-15)12-17(13-18)10-4-5-11-17/h6-9H,4-5,10-13H2,1-3H3. The maximum atomic E-state index is 3.74. The van der Waals surface area contributed by atoms with Gasteiger partial charge < -0.3 is 0 Å². The van der Waals surface area contributed by atoms with Gasteiger partial charge >= 0.3 is 0 Å². The number of benzene rings is 1. The van der Waals surface area contributed by atoms with Crippen molar-refractivity contribution >= 4 is 15.9 Å². The van der Waals surface area contributed by atoms with Gasteiger partial charge in [-0.25, -0.2) is 0 Å². The minimum atomic E-state index is 0.263. The molecule has 0 radical (unpaired) electrons. The lowest BCUT2D eigenvalue weighted by atomic mass is 9.81. The summed E-state index contributed by atoms with van der Waals surface area (Å²) in [7, 11) is 0. The number of hydrogen-bond acceptors (Lipinski definition) is 0. The van der Waals surface area contributed by atoms with Crippen LogP contribution in [0.5, 0.6) is 0 Å². The molecule has 0 N–H and O–H groups in total. The van der Waals surface area contributed by atoms with Crippen LogP contribution in [-0.4, -0.2) is 5.33 Å². The number of alkyl halides is 1. The molecule has 0 heterocycles. The van der Waals surface area contributed by atoms with Gasteiger partial charge in [0.25, 0.3) is 0 Å². The van der Waals surface area contributed by atoms with E-state index in [4.69, 9.17) is 0 Å². The Labute approximate surface area is 120 Å². The van der Waals surface area contributed by atoms with E-state index >= 15 is 0 Å². The molecular formula is C17H25Br. The molecular weight excluding hydrogens is 284 g/mol. The second-order valence-electron chi connectivity index (χ2n) is 6.96. The Balaban J connectivity index is 2.11. The molecule has 18 heavy (non-hydrogen) atoms. The third kappa shape index (κ3) is 3.17. The van der Waals surface area contributed by atoms with Crippen molar-refractivity contribution in [3.05, 3.63) is 35.4 Å². The van der Waals surface area contributed by atoms with Crippen molar-refractivity contribution in [2.75, 3.05) is 5.33 Å². The van der Waals surface area contributed by atoms with Crippen LogP contribution in [-0.2, 0) is 11.8 Å². The summed E-state index contributed by atoms with van der Waals surface area (Å²) in [6.07, 6.45) is 6.83. The summed E-state index contributed by atoms with van der Waals surface area (Å²) >= 11 is 3.74. The van der Waals surface area contributed by atoms with Gasteiger partial charge in [-0.1, -0.05) is 73.8 Å². The molecule has 100 valence electrons. The predicted octanol–water partition coefficient (Wildman–Crippen LogP) is 5.48. The van der Waals surface area contributed by atoms with Crippen LogP contribution in [0.25, 0.3) is 0 Å². The van der Waals surface area contributed by atoms with Crippen LogP contribution < -0.4 is 0 Å². The molecule has 0 unspecified atom stereocenters. The first-order chi connectivity index (χ1) is 8.45. The lowest BCUT2D eigenvalue weighted by Gasteiger charge is -2.27. The number of halogens is 1. The SMILES string of the molecule is CC(C)(C)c1ccc(CC2(CBr)CCCC2)cc1. The smallest absolute Gasteiger partial charge is 0.00911 e. The van der Waals surface area contributed by atoms with Gasteiger partial charge in [0.05, 0.1) is 0 Å². The summed E-state index contributed by atoms with van der Waals surface area (Å²) in [6, 6.07) is 9.30. The first kappa shape index (κ1) is 14.1. The van der Waals surface area contributed by atoms with Gasteiger partial charge in [0.15, 0.2) is 0 Å². The topological polar surface area (TPSA) is 0 Å². The second kappa shape index (κ2) is 5.36. The molecule has 1 aromatic carbocycles. The Kier molecular flexibility index (Phi) is 4.21. The fourth-order valence-corrected chi connectivity index (χ4v) is 3.80. The van der Waals surface area contributed by atoms with Gasteiger partial charge in [-0.15, -0.1) is 0 Å². The van der Waals surface area contributed by atoms with Gasteiger partial charge in [0.2, 0.25) is 0 Å². The van der Waals surface area contributed by atoms with E-state index in [1.54, 1.807) is 0 Å². The molecule has 1 fully saturated rings. The highest BCUT2D eigenvalue weighted by atomic mass is 79.9. The Morgan fingerprint density at radius 1 is 1.06 bits per heavy atom. The zero-order valence-corrected chi connectivity index (χ0v) is 13.5. The van der Waals surface area contributed by atoms with E-state index in [-0.39, 0.29) is 5.41 Å². The zero-order chi connectivity index (χ0) is 13.2. The third-order valence-electron chi connectivity index (χ3n) is 4.35. The van der Waals surface area contributed by atoms with Gasteiger partial charge in [-0.05, 0) is 41.2 Å². The lowest BCUT2D eigenvalue weighted by molar-refractivity contribution is 0.346. The van der Waals surface area contributed by atoms with E-state index in [9.17, 15) is 0 Å². The Hall–Kier alpha value is -0.300. The average molecular weight is 309 g/mol. The molecule has 0 atom stereocenters. The molecule has 2 rings (SSSR count). The van der Waals surface area contributed by atoms with Gasteiger partial charge in [-0.2, -0.15) is 0 Å². The number of hydrogen-bond donors (Lipinski definition) is 0. The normalized spacial score (nSPS) is 19.1. The molecule has 0 spiro atoms. The van der Waals surface area contributed by atoms with Crippen molar-refractivity contribution in [2.45, 2.75) is 58.3 Å². The van der Waals surface area contributed by atoms with E-state index < -0.39 is 0 Å². The van der Waals surface area contributed by atoms with Crippen LogP contribution in [0, 0.1) is 5.41 Å². The Bertz CT molecular complexity index is 377. The molecule has 1 saturated carbocycles. The fraction of sp³-hybridized carbons (Fsp3) is 0.647. The molecule has 1 aliphatic rings. The molecule has 1 aliphatic carbocycles. The highest BCUT2D eigenvalue weighted by Gasteiger charge is 2.32. The average Bonchev–Trinajstić information content (AvgIpc) is 2.78. The monoisotopic (exact) mass is 308 g/mol. The minimum Gasteiger partial charge on any atom is -0.0922 e. The van der Waals surface area contributed by atoms with Crippen LogP contribution in [0.2, 0.25) is 0 Å². The van der Waals surface area contributed by atoms with Crippen LogP contribution in [0.15, 0.2) is 24.3 Å². The zero-order valence-electron chi connectivity index (χ0n) is 11.9. The Morgan fingerprint density at radius 2 is 1.61 bits per heavy atom. The van der Waals surface area contributed by atoms with Crippen molar-refractivity contribution in [3.63, 3.8) is 0 Å². The second-order valence-corrected chi connectivity index (χ2v) is 7.53. The van der Waals surface area contributed by atoms with Crippen molar-refractivity contribution in [3.8, 4) is 0 Å². The van der Waals surface area contributed by atoms with Crippen LogP contribution >= 0.6 is 15.9 Å². The van der Waals surface area contributed by atoms with Gasteiger partial charge in [0, 0.05) is 5.33 Å². The summed E-state index contributed by atoms with van der Waals surface area (Å²) in [5, 5.41) is 1.15. The van der Waals surface area contributed by atoms with E-state index in [2.05, 4.69) is 61.0 Å². The minimum absolute atomic E-state index is 0.263. The molecule has 0 amide bonds. The van der Waals surface area contributed by atoms with Crippen LogP contribution in [0.1, 0.15) is 57.6 Å². The van der Waals surface area contributed by atoms with E-state index in [0.717, 1.165) is 5.33 Å². The van der Waals surface area contributed by atoms with E-state index in [0.29, 0.717) is 5.41 Å². The molecule has 1 aromatic rings. The van der Waals surface area contributed by atoms with E-state index in [1.807, 2.05) is 0 Å². The lowest BCUT2D eigenvalue weighted by Crippen LogP contribution is -2.21. The van der Waals surface area contributed by atoms with Crippen LogP contribution in [0.4, 0.5) is 0 Å². The highest BCUT2D eigenvalue weighted by Crippen LogP contribution is 2.42. The summed E-state index contributed by atoms with van der Waals surface area (Å²) in [4.78, 5) is 0. The summed E-state index contributed by atoms with van der Waals surface area (Å²) in [5.41, 5.74) is 3.73. The summed E-state index contributed by atoms with van der Waals surface area (Å²) < 4.78 is 0. The van der Waals surface area contributed by atoms with Crippen molar-refractivity contribution in [1.29, 1.82) is 0 Å². The molecule has 0 aliphatic heterocycles. The van der Waals surface area contributed by atoms with Crippen molar-refractivity contribution in [1.82, 2.24) is 0 Å². The summed E-state index contributed by atoms with van der Waals surface area (Å²) in [6.45, 7) is 6.83. The maximum absolute atomic E-state index is 3.74. The maximum Gasteiger partial charge on any atom is 0.00911 e. The first-order valence-corrected chi connectivity index (χ1v) is 8.23. The largest absolute Gasteiger partial charge is 0.0922 e. The Morgan fingerprint density at radius 3 is 2.06 bits per heavy atom. The van der Waals surface area contributed by atoms with Gasteiger partial charge in [0.1, 0.15) is 0 Å². The summed E-state index contributed by atoms with van der Waals surface area (Å²) in [5.74, 6) is 0. The quantitative estimate of drug-likeness (QED) is 0.648. The fourth-order valence-electron chi connectivity index (χ4n) is 3.04. The first-order valence-electron chi connectivity index (χ1n) is 7.11.